The number of nitrogens with one attached hydrogen (secondary N) is 1. The third-order valence-corrected chi connectivity index (χ3v) is 1.40. The zero-order valence-electron chi connectivity index (χ0n) is 6.66. The van der Waals surface area contributed by atoms with Crippen LogP contribution in [-0.2, 0) is 11.3 Å². The molecule has 0 saturated heterocycles. The first-order valence-electron chi connectivity index (χ1n) is 3.62. The average molecular weight is 162 g/mol. The fraction of sp³-hybridized carbons (Fsp3) is 0.111. The molecule has 0 atom stereocenters. The molecule has 3 nitrogen and oxygen atoms in total. The Bertz CT molecular complexity index is 269. The Morgan fingerprint density at radius 1 is 1.58 bits per heavy atom. The molecule has 0 radical (unpaired) electrons. The summed E-state index contributed by atoms with van der Waals surface area (Å²) in [7, 11) is 0. The molecule has 0 aromatic carbocycles. The minimum Gasteiger partial charge on any atom is -0.348 e. The van der Waals surface area contributed by atoms with Crippen LogP contribution in [0.1, 0.15) is 5.56 Å². The Kier molecular flexibility index (Phi) is 3.02. The van der Waals surface area contributed by atoms with E-state index in [0.717, 1.165) is 5.56 Å². The first-order valence-corrected chi connectivity index (χ1v) is 3.62. The Hall–Kier alpha value is -1.64. The zero-order valence-corrected chi connectivity index (χ0v) is 6.66. The summed E-state index contributed by atoms with van der Waals surface area (Å²) in [5, 5.41) is 2.66. The molecular weight excluding hydrogens is 152 g/mol. The predicted molar refractivity (Wildman–Crippen MR) is 46.3 cm³/mol. The fourth-order valence-electron chi connectivity index (χ4n) is 0.762. The van der Waals surface area contributed by atoms with Crippen LogP contribution in [0, 0.1) is 0 Å². The topological polar surface area (TPSA) is 42.0 Å². The van der Waals surface area contributed by atoms with Crippen LogP contribution in [-0.4, -0.2) is 10.9 Å². The van der Waals surface area contributed by atoms with Gasteiger partial charge in [-0.3, -0.25) is 9.78 Å². The van der Waals surface area contributed by atoms with Crippen LogP contribution >= 0.6 is 0 Å². The number of nitrogens with zero attached hydrogens (tertiary/aromatic N) is 1. The molecule has 0 aliphatic carbocycles. The molecule has 0 aliphatic heterocycles. The highest BCUT2D eigenvalue weighted by atomic mass is 16.1. The number of carbonyl (C=O) groups excluding carboxylic acids is 1. The van der Waals surface area contributed by atoms with Crippen molar-refractivity contribution >= 4 is 5.91 Å². The van der Waals surface area contributed by atoms with E-state index in [1.54, 1.807) is 12.4 Å². The second-order valence-corrected chi connectivity index (χ2v) is 2.28. The van der Waals surface area contributed by atoms with Crippen molar-refractivity contribution in [2.45, 2.75) is 6.54 Å². The lowest BCUT2D eigenvalue weighted by Crippen LogP contribution is -2.19. The molecule has 0 saturated carbocycles. The van der Waals surface area contributed by atoms with Gasteiger partial charge in [-0.1, -0.05) is 6.58 Å². The maximum absolute atomic E-state index is 10.7. The van der Waals surface area contributed by atoms with Gasteiger partial charge in [0.05, 0.1) is 0 Å². The minimum atomic E-state index is -0.160. The van der Waals surface area contributed by atoms with Gasteiger partial charge in [0.1, 0.15) is 0 Å². The standard InChI is InChI=1S/C9H10N2O/c1-2-9(12)11-7-8-3-5-10-6-4-8/h2-6H,1,7H2,(H,11,12). The molecule has 0 fully saturated rings. The van der Waals surface area contributed by atoms with Gasteiger partial charge in [0.25, 0.3) is 0 Å². The van der Waals surface area contributed by atoms with Gasteiger partial charge in [0, 0.05) is 18.9 Å². The molecule has 0 aliphatic rings. The van der Waals surface area contributed by atoms with E-state index in [9.17, 15) is 4.79 Å². The summed E-state index contributed by atoms with van der Waals surface area (Å²) in [5.74, 6) is -0.160. The van der Waals surface area contributed by atoms with Crippen molar-refractivity contribution in [2.24, 2.45) is 0 Å². The Labute approximate surface area is 71.1 Å². The summed E-state index contributed by atoms with van der Waals surface area (Å²) >= 11 is 0. The van der Waals surface area contributed by atoms with Crippen molar-refractivity contribution in [3.05, 3.63) is 42.7 Å². The third kappa shape index (κ3) is 2.54. The molecule has 1 rings (SSSR count). The molecule has 1 aromatic heterocycles. The van der Waals surface area contributed by atoms with Crippen molar-refractivity contribution in [2.75, 3.05) is 0 Å². The summed E-state index contributed by atoms with van der Waals surface area (Å²) in [4.78, 5) is 14.6. The molecule has 1 amide bonds. The van der Waals surface area contributed by atoms with Crippen molar-refractivity contribution in [3.8, 4) is 0 Å². The molecule has 0 unspecified atom stereocenters. The van der Waals surface area contributed by atoms with Crippen molar-refractivity contribution < 1.29 is 4.79 Å². The molecule has 1 heterocycles. The molecular formula is C9H10N2O. The monoisotopic (exact) mass is 162 g/mol. The minimum absolute atomic E-state index is 0.160. The highest BCUT2D eigenvalue weighted by molar-refractivity contribution is 5.86. The summed E-state index contributed by atoms with van der Waals surface area (Å²) in [5.41, 5.74) is 1.03. The lowest BCUT2D eigenvalue weighted by Gasteiger charge is -2.00. The first kappa shape index (κ1) is 8.46. The van der Waals surface area contributed by atoms with Gasteiger partial charge in [-0.2, -0.15) is 0 Å². The summed E-state index contributed by atoms with van der Waals surface area (Å²) in [6.07, 6.45) is 4.63. The van der Waals surface area contributed by atoms with Crippen molar-refractivity contribution in [1.29, 1.82) is 0 Å². The van der Waals surface area contributed by atoms with Crippen LogP contribution in [0.4, 0.5) is 0 Å². The van der Waals surface area contributed by atoms with E-state index in [4.69, 9.17) is 0 Å². The highest BCUT2D eigenvalue weighted by Crippen LogP contribution is 1.94. The lowest BCUT2D eigenvalue weighted by atomic mass is 10.3. The summed E-state index contributed by atoms with van der Waals surface area (Å²) in [6.45, 7) is 3.87. The molecule has 3 heteroatoms. The molecule has 0 bridgehead atoms. The Morgan fingerprint density at radius 2 is 2.25 bits per heavy atom. The van der Waals surface area contributed by atoms with Crippen LogP contribution in [0.5, 0.6) is 0 Å². The highest BCUT2D eigenvalue weighted by Gasteiger charge is 1.93. The van der Waals surface area contributed by atoms with Gasteiger partial charge in [-0.15, -0.1) is 0 Å². The van der Waals surface area contributed by atoms with E-state index < -0.39 is 0 Å². The maximum atomic E-state index is 10.7. The van der Waals surface area contributed by atoms with Crippen LogP contribution in [0.2, 0.25) is 0 Å². The fourth-order valence-corrected chi connectivity index (χ4v) is 0.762. The second-order valence-electron chi connectivity index (χ2n) is 2.28. The number of amides is 1. The van der Waals surface area contributed by atoms with Crippen LogP contribution in [0.15, 0.2) is 37.2 Å². The number of hydrogen-bond donors (Lipinski definition) is 1. The van der Waals surface area contributed by atoms with Gasteiger partial charge in [-0.05, 0) is 23.8 Å². The second kappa shape index (κ2) is 4.28. The third-order valence-electron chi connectivity index (χ3n) is 1.40. The van der Waals surface area contributed by atoms with E-state index in [0.29, 0.717) is 6.54 Å². The molecule has 1 N–H and O–H groups in total. The number of aromatic nitrogens is 1. The van der Waals surface area contributed by atoms with Crippen LogP contribution in [0.3, 0.4) is 0 Å². The van der Waals surface area contributed by atoms with Crippen LogP contribution < -0.4 is 5.32 Å². The largest absolute Gasteiger partial charge is 0.348 e. The van der Waals surface area contributed by atoms with Crippen molar-refractivity contribution in [1.82, 2.24) is 10.3 Å². The van der Waals surface area contributed by atoms with E-state index in [1.165, 1.54) is 6.08 Å². The smallest absolute Gasteiger partial charge is 0.243 e. The maximum Gasteiger partial charge on any atom is 0.243 e. The van der Waals surface area contributed by atoms with Gasteiger partial charge in [0.15, 0.2) is 0 Å². The molecule has 62 valence electrons. The van der Waals surface area contributed by atoms with Gasteiger partial charge in [-0.25, -0.2) is 0 Å². The number of pyridine rings is 1. The Morgan fingerprint density at radius 3 is 2.83 bits per heavy atom. The predicted octanol–water partition coefficient (Wildman–Crippen LogP) is 0.884. The summed E-state index contributed by atoms with van der Waals surface area (Å²) in [6, 6.07) is 3.70. The number of carbonyl (C=O) groups is 1. The van der Waals surface area contributed by atoms with E-state index in [2.05, 4.69) is 16.9 Å². The number of hydrogen-bond acceptors (Lipinski definition) is 2. The molecule has 12 heavy (non-hydrogen) atoms. The van der Waals surface area contributed by atoms with Gasteiger partial charge < -0.3 is 5.32 Å². The quantitative estimate of drug-likeness (QED) is 0.670. The van der Waals surface area contributed by atoms with E-state index >= 15 is 0 Å². The summed E-state index contributed by atoms with van der Waals surface area (Å²) < 4.78 is 0. The average Bonchev–Trinajstić information content (AvgIpc) is 2.16. The molecule has 0 spiro atoms. The first-order chi connectivity index (χ1) is 5.83. The number of rotatable bonds is 3. The lowest BCUT2D eigenvalue weighted by molar-refractivity contribution is -0.116. The SMILES string of the molecule is C=CC(=O)NCc1ccncc1. The van der Waals surface area contributed by atoms with E-state index in [1.807, 2.05) is 12.1 Å². The Balaban J connectivity index is 2.43. The van der Waals surface area contributed by atoms with E-state index in [-0.39, 0.29) is 5.91 Å². The van der Waals surface area contributed by atoms with Crippen LogP contribution in [0.25, 0.3) is 0 Å². The molecule has 1 aromatic rings. The van der Waals surface area contributed by atoms with Gasteiger partial charge in [0.2, 0.25) is 5.91 Å². The zero-order chi connectivity index (χ0) is 8.81. The normalized spacial score (nSPS) is 9.00. The van der Waals surface area contributed by atoms with Gasteiger partial charge >= 0.3 is 0 Å². The van der Waals surface area contributed by atoms with Crippen molar-refractivity contribution in [3.63, 3.8) is 0 Å².